The lowest BCUT2D eigenvalue weighted by Gasteiger charge is -2.12. The highest BCUT2D eigenvalue weighted by molar-refractivity contribution is 14.1. The topological polar surface area (TPSA) is 75.9 Å². The first-order valence-electron chi connectivity index (χ1n) is 5.44. The zero-order valence-corrected chi connectivity index (χ0v) is 13.1. The average molecular weight is 430 g/mol. The molecular weight excluding hydrogens is 422 g/mol. The van der Waals surface area contributed by atoms with Crippen LogP contribution in [0.4, 0.5) is 30.5 Å². The number of hydrogen-bond donors (Lipinski definition) is 3. The zero-order valence-electron chi connectivity index (χ0n) is 10.2. The number of rotatable bonds is 3. The Morgan fingerprint density at radius 1 is 1.14 bits per heavy atom. The molecule has 0 aliphatic heterocycles. The van der Waals surface area contributed by atoms with Crippen LogP contribution in [0.15, 0.2) is 24.3 Å². The van der Waals surface area contributed by atoms with Crippen LogP contribution in [0.3, 0.4) is 0 Å². The lowest BCUT2D eigenvalue weighted by Crippen LogP contribution is -2.16. The molecular formula is C11H8ClF3IN5. The maximum Gasteiger partial charge on any atom is 0.451 e. The van der Waals surface area contributed by atoms with E-state index in [-0.39, 0.29) is 11.6 Å². The molecule has 0 atom stereocenters. The predicted octanol–water partition coefficient (Wildman–Crippen LogP) is 3.78. The van der Waals surface area contributed by atoms with Crippen LogP contribution < -0.4 is 16.6 Å². The molecule has 10 heteroatoms. The van der Waals surface area contributed by atoms with Crippen molar-refractivity contribution in [2.75, 3.05) is 10.7 Å². The minimum Gasteiger partial charge on any atom is -0.339 e. The number of benzene rings is 1. The second-order valence-corrected chi connectivity index (χ2v) is 5.45. The van der Waals surface area contributed by atoms with Crippen LogP contribution in [0, 0.1) is 3.57 Å². The van der Waals surface area contributed by atoms with Gasteiger partial charge in [-0.15, -0.1) is 0 Å². The van der Waals surface area contributed by atoms with Crippen molar-refractivity contribution in [2.24, 2.45) is 5.84 Å². The van der Waals surface area contributed by atoms with Crippen molar-refractivity contribution in [1.82, 2.24) is 9.97 Å². The van der Waals surface area contributed by atoms with Gasteiger partial charge in [-0.2, -0.15) is 13.2 Å². The molecule has 0 unspecified atom stereocenters. The Kier molecular flexibility index (Phi) is 4.74. The molecule has 0 aliphatic carbocycles. The highest BCUT2D eigenvalue weighted by Crippen LogP contribution is 2.30. The van der Waals surface area contributed by atoms with Gasteiger partial charge in [-0.1, -0.05) is 11.6 Å². The third kappa shape index (κ3) is 4.08. The van der Waals surface area contributed by atoms with E-state index in [1.54, 1.807) is 18.2 Å². The molecule has 0 amide bonds. The lowest BCUT2D eigenvalue weighted by atomic mass is 10.3. The summed E-state index contributed by atoms with van der Waals surface area (Å²) in [6, 6.07) is 6.17. The third-order valence-corrected chi connectivity index (χ3v) is 3.45. The fourth-order valence-corrected chi connectivity index (χ4v) is 2.45. The summed E-state index contributed by atoms with van der Waals surface area (Å²) in [6.45, 7) is 0. The van der Waals surface area contributed by atoms with Crippen molar-refractivity contribution in [3.63, 3.8) is 0 Å². The first kappa shape index (κ1) is 16.0. The Balaban J connectivity index is 2.39. The van der Waals surface area contributed by atoms with E-state index < -0.39 is 12.0 Å². The molecule has 4 N–H and O–H groups in total. The number of nitrogens with zero attached hydrogens (tertiary/aromatic N) is 2. The lowest BCUT2D eigenvalue weighted by molar-refractivity contribution is -0.144. The molecule has 2 aromatic rings. The number of hydrogen-bond acceptors (Lipinski definition) is 5. The van der Waals surface area contributed by atoms with Crippen LogP contribution in [-0.2, 0) is 6.18 Å². The van der Waals surface area contributed by atoms with Crippen molar-refractivity contribution in [3.8, 4) is 0 Å². The Morgan fingerprint density at radius 2 is 1.81 bits per heavy atom. The Hall–Kier alpha value is -1.33. The molecule has 1 aromatic carbocycles. The summed E-state index contributed by atoms with van der Waals surface area (Å²) >= 11 is 7.82. The van der Waals surface area contributed by atoms with Crippen molar-refractivity contribution in [1.29, 1.82) is 0 Å². The number of anilines is 3. The van der Waals surface area contributed by atoms with Crippen molar-refractivity contribution >= 4 is 51.5 Å². The average Bonchev–Trinajstić information content (AvgIpc) is 2.40. The van der Waals surface area contributed by atoms with Gasteiger partial charge >= 0.3 is 6.18 Å². The summed E-state index contributed by atoms with van der Waals surface area (Å²) < 4.78 is 38.9. The van der Waals surface area contributed by atoms with Gasteiger partial charge in [-0.3, -0.25) is 0 Å². The second-order valence-electron chi connectivity index (χ2n) is 3.85. The standard InChI is InChI=1S/C11H8ClF3IN5/c12-5-1-2-7(6(16)3-5)18-8-4-9(21-17)20-10(19-8)11(13,14)15/h1-4H,17H2,(H2,18,19,20,21). The Bertz CT molecular complexity index is 665. The maximum atomic E-state index is 12.7. The molecule has 21 heavy (non-hydrogen) atoms. The maximum absolute atomic E-state index is 12.7. The van der Waals surface area contributed by atoms with Gasteiger partial charge in [0.25, 0.3) is 0 Å². The van der Waals surface area contributed by atoms with E-state index in [0.29, 0.717) is 10.7 Å². The molecule has 0 bridgehead atoms. The number of nitrogens with one attached hydrogen (secondary N) is 2. The first-order valence-corrected chi connectivity index (χ1v) is 6.90. The highest BCUT2D eigenvalue weighted by Gasteiger charge is 2.35. The number of aromatic nitrogens is 2. The van der Waals surface area contributed by atoms with E-state index in [1.165, 1.54) is 6.07 Å². The Labute approximate surface area is 136 Å². The molecule has 1 heterocycles. The Morgan fingerprint density at radius 3 is 2.38 bits per heavy atom. The van der Waals surface area contributed by atoms with Crippen LogP contribution in [0.2, 0.25) is 5.02 Å². The monoisotopic (exact) mass is 429 g/mol. The van der Waals surface area contributed by atoms with E-state index in [1.807, 2.05) is 22.6 Å². The van der Waals surface area contributed by atoms with E-state index >= 15 is 0 Å². The molecule has 0 fully saturated rings. The van der Waals surface area contributed by atoms with Crippen LogP contribution in [-0.4, -0.2) is 9.97 Å². The molecule has 112 valence electrons. The zero-order chi connectivity index (χ0) is 15.6. The number of nitrogens with two attached hydrogens (primary N) is 1. The summed E-state index contributed by atoms with van der Waals surface area (Å²) in [5.74, 6) is 3.65. The number of alkyl halides is 3. The summed E-state index contributed by atoms with van der Waals surface area (Å²) in [5.41, 5.74) is 2.64. The smallest absolute Gasteiger partial charge is 0.339 e. The number of halogens is 5. The molecule has 0 saturated heterocycles. The van der Waals surface area contributed by atoms with Crippen molar-refractivity contribution in [2.45, 2.75) is 6.18 Å². The van der Waals surface area contributed by atoms with Crippen LogP contribution in [0.25, 0.3) is 0 Å². The minimum absolute atomic E-state index is 0.0366. The van der Waals surface area contributed by atoms with Gasteiger partial charge in [-0.25, -0.2) is 15.8 Å². The van der Waals surface area contributed by atoms with Gasteiger partial charge in [0, 0.05) is 14.7 Å². The predicted molar refractivity (Wildman–Crippen MR) is 82.3 cm³/mol. The van der Waals surface area contributed by atoms with E-state index in [0.717, 1.165) is 3.57 Å². The molecule has 1 aromatic heterocycles. The van der Waals surface area contributed by atoms with Crippen LogP contribution in [0.5, 0.6) is 0 Å². The fraction of sp³-hybridized carbons (Fsp3) is 0.0909. The number of nitrogen functional groups attached to an aromatic ring is 1. The van der Waals surface area contributed by atoms with E-state index in [9.17, 15) is 13.2 Å². The van der Waals surface area contributed by atoms with Crippen molar-refractivity contribution in [3.05, 3.63) is 38.7 Å². The molecule has 0 spiro atoms. The second kappa shape index (κ2) is 6.20. The quantitative estimate of drug-likeness (QED) is 0.393. The van der Waals surface area contributed by atoms with Gasteiger partial charge in [-0.05, 0) is 40.8 Å². The van der Waals surface area contributed by atoms with Gasteiger partial charge in [0.1, 0.15) is 11.6 Å². The van der Waals surface area contributed by atoms with Gasteiger partial charge in [0.2, 0.25) is 5.82 Å². The third-order valence-electron chi connectivity index (χ3n) is 2.32. The molecule has 0 saturated carbocycles. The van der Waals surface area contributed by atoms with E-state index in [2.05, 4.69) is 20.7 Å². The molecule has 2 rings (SSSR count). The van der Waals surface area contributed by atoms with Crippen molar-refractivity contribution < 1.29 is 13.2 Å². The van der Waals surface area contributed by atoms with Gasteiger partial charge in [0.05, 0.1) is 5.69 Å². The summed E-state index contributed by atoms with van der Waals surface area (Å²) in [7, 11) is 0. The summed E-state index contributed by atoms with van der Waals surface area (Å²) in [4.78, 5) is 6.70. The summed E-state index contributed by atoms with van der Waals surface area (Å²) in [6.07, 6.45) is -4.67. The molecule has 5 nitrogen and oxygen atoms in total. The van der Waals surface area contributed by atoms with Crippen LogP contribution in [0.1, 0.15) is 5.82 Å². The van der Waals surface area contributed by atoms with Gasteiger partial charge < -0.3 is 10.7 Å². The molecule has 0 radical (unpaired) electrons. The number of hydrazine groups is 1. The SMILES string of the molecule is NNc1cc(Nc2ccc(Cl)cc2I)nc(C(F)(F)F)n1. The minimum atomic E-state index is -4.67. The highest BCUT2D eigenvalue weighted by atomic mass is 127. The normalized spacial score (nSPS) is 11.3. The largest absolute Gasteiger partial charge is 0.451 e. The molecule has 0 aliphatic rings. The summed E-state index contributed by atoms with van der Waals surface area (Å²) in [5, 5.41) is 3.30. The van der Waals surface area contributed by atoms with Crippen LogP contribution >= 0.6 is 34.2 Å². The van der Waals surface area contributed by atoms with E-state index in [4.69, 9.17) is 17.4 Å². The fourth-order valence-electron chi connectivity index (χ4n) is 1.44. The van der Waals surface area contributed by atoms with Gasteiger partial charge in [0.15, 0.2) is 0 Å². The first-order chi connectivity index (χ1) is 9.79.